The topological polar surface area (TPSA) is 44.1 Å². The molecule has 0 amide bonds. The third-order valence-electron chi connectivity index (χ3n) is 2.63. The minimum absolute atomic E-state index is 0.00891. The molecule has 0 aliphatic rings. The molecule has 0 saturated carbocycles. The van der Waals surface area contributed by atoms with E-state index in [-0.39, 0.29) is 12.5 Å². The zero-order valence-corrected chi connectivity index (χ0v) is 10.8. The first-order valence-electron chi connectivity index (χ1n) is 5.82. The third kappa shape index (κ3) is 2.77. The standard InChI is InChI=1S/C14H16N2O2/c1-10-4-6-13(7-5-10)18-9-14(17)16-12(3)8-11(2)15-16/h4-8H,9H2,1-3H3. The zero-order valence-electron chi connectivity index (χ0n) is 10.8. The van der Waals surface area contributed by atoms with Gasteiger partial charge in [-0.05, 0) is 39.0 Å². The number of aromatic nitrogens is 2. The second kappa shape index (κ2) is 5.04. The van der Waals surface area contributed by atoms with E-state index in [4.69, 9.17) is 4.74 Å². The first-order chi connectivity index (χ1) is 8.56. The van der Waals surface area contributed by atoms with Gasteiger partial charge in [0.1, 0.15) is 5.75 Å². The zero-order chi connectivity index (χ0) is 13.1. The first-order valence-corrected chi connectivity index (χ1v) is 5.82. The Morgan fingerprint density at radius 3 is 2.44 bits per heavy atom. The highest BCUT2D eigenvalue weighted by atomic mass is 16.5. The van der Waals surface area contributed by atoms with Crippen LogP contribution in [0.5, 0.6) is 5.75 Å². The highest BCUT2D eigenvalue weighted by Gasteiger charge is 2.10. The maximum atomic E-state index is 11.9. The van der Waals surface area contributed by atoms with Crippen molar-refractivity contribution in [1.82, 2.24) is 9.78 Å². The van der Waals surface area contributed by atoms with Crippen molar-refractivity contribution in [2.45, 2.75) is 20.8 Å². The van der Waals surface area contributed by atoms with Gasteiger partial charge in [0, 0.05) is 5.69 Å². The van der Waals surface area contributed by atoms with Crippen LogP contribution in [0.1, 0.15) is 21.7 Å². The van der Waals surface area contributed by atoms with Gasteiger partial charge in [-0.25, -0.2) is 4.68 Å². The van der Waals surface area contributed by atoms with Gasteiger partial charge in [-0.1, -0.05) is 17.7 Å². The molecule has 1 aromatic heterocycles. The molecule has 0 bridgehead atoms. The molecule has 0 atom stereocenters. The number of hydrogen-bond acceptors (Lipinski definition) is 3. The van der Waals surface area contributed by atoms with E-state index in [1.807, 2.05) is 51.1 Å². The Morgan fingerprint density at radius 1 is 1.22 bits per heavy atom. The lowest BCUT2D eigenvalue weighted by Gasteiger charge is -2.06. The Kier molecular flexibility index (Phi) is 3.46. The van der Waals surface area contributed by atoms with Gasteiger partial charge in [0.2, 0.25) is 0 Å². The minimum atomic E-state index is -0.166. The fourth-order valence-electron chi connectivity index (χ4n) is 1.72. The monoisotopic (exact) mass is 244 g/mol. The van der Waals surface area contributed by atoms with Crippen LogP contribution in [-0.2, 0) is 0 Å². The number of carbonyl (C=O) groups excluding carboxylic acids is 1. The molecule has 4 heteroatoms. The van der Waals surface area contributed by atoms with Crippen molar-refractivity contribution in [2.75, 3.05) is 6.61 Å². The lowest BCUT2D eigenvalue weighted by atomic mass is 10.2. The molecule has 1 aromatic carbocycles. The average molecular weight is 244 g/mol. The van der Waals surface area contributed by atoms with Crippen molar-refractivity contribution >= 4 is 5.91 Å². The number of benzene rings is 1. The van der Waals surface area contributed by atoms with Crippen LogP contribution in [0.15, 0.2) is 30.3 Å². The molecule has 0 radical (unpaired) electrons. The highest BCUT2D eigenvalue weighted by molar-refractivity contribution is 5.80. The normalized spacial score (nSPS) is 10.4. The first kappa shape index (κ1) is 12.4. The van der Waals surface area contributed by atoms with Crippen molar-refractivity contribution in [2.24, 2.45) is 0 Å². The molecule has 94 valence electrons. The van der Waals surface area contributed by atoms with Crippen molar-refractivity contribution in [3.8, 4) is 5.75 Å². The molecule has 0 unspecified atom stereocenters. The van der Waals surface area contributed by atoms with E-state index < -0.39 is 0 Å². The summed E-state index contributed by atoms with van der Waals surface area (Å²) in [5.41, 5.74) is 2.81. The second-order valence-corrected chi connectivity index (χ2v) is 4.33. The van der Waals surface area contributed by atoms with Gasteiger partial charge in [-0.15, -0.1) is 0 Å². The number of carbonyl (C=O) groups is 1. The van der Waals surface area contributed by atoms with Gasteiger partial charge in [0.05, 0.1) is 5.69 Å². The summed E-state index contributed by atoms with van der Waals surface area (Å²) in [4.78, 5) is 11.9. The molecule has 1 heterocycles. The molecule has 18 heavy (non-hydrogen) atoms. The van der Waals surface area contributed by atoms with E-state index in [9.17, 15) is 4.79 Å². The Hall–Kier alpha value is -2.10. The Labute approximate surface area is 106 Å². The molecule has 0 saturated heterocycles. The van der Waals surface area contributed by atoms with Gasteiger partial charge in [-0.2, -0.15) is 5.10 Å². The quantitative estimate of drug-likeness (QED) is 0.833. The molecule has 0 spiro atoms. The molecule has 0 fully saturated rings. The molecule has 2 aromatic rings. The number of nitrogens with zero attached hydrogens (tertiary/aromatic N) is 2. The molecular formula is C14H16N2O2. The van der Waals surface area contributed by atoms with Crippen LogP contribution in [0.2, 0.25) is 0 Å². The number of hydrogen-bond donors (Lipinski definition) is 0. The fraction of sp³-hybridized carbons (Fsp3) is 0.286. The van der Waals surface area contributed by atoms with Crippen LogP contribution < -0.4 is 4.74 Å². The molecule has 0 aliphatic carbocycles. The fourth-order valence-corrected chi connectivity index (χ4v) is 1.72. The van der Waals surface area contributed by atoms with Gasteiger partial charge >= 0.3 is 0 Å². The molecular weight excluding hydrogens is 228 g/mol. The van der Waals surface area contributed by atoms with Crippen LogP contribution in [0.25, 0.3) is 0 Å². The van der Waals surface area contributed by atoms with Crippen LogP contribution in [0.3, 0.4) is 0 Å². The predicted octanol–water partition coefficient (Wildman–Crippen LogP) is 2.53. The summed E-state index contributed by atoms with van der Waals surface area (Å²) in [6, 6.07) is 9.46. The largest absolute Gasteiger partial charge is 0.484 e. The summed E-state index contributed by atoms with van der Waals surface area (Å²) < 4.78 is 6.81. The summed E-state index contributed by atoms with van der Waals surface area (Å²) in [6.07, 6.45) is 0. The summed E-state index contributed by atoms with van der Waals surface area (Å²) in [7, 11) is 0. The van der Waals surface area contributed by atoms with E-state index in [0.29, 0.717) is 5.75 Å². The average Bonchev–Trinajstić information content (AvgIpc) is 2.67. The van der Waals surface area contributed by atoms with Crippen LogP contribution in [-0.4, -0.2) is 22.3 Å². The maximum Gasteiger partial charge on any atom is 0.284 e. The van der Waals surface area contributed by atoms with Crippen LogP contribution in [0, 0.1) is 20.8 Å². The summed E-state index contributed by atoms with van der Waals surface area (Å²) in [5, 5.41) is 4.12. The number of rotatable bonds is 3. The minimum Gasteiger partial charge on any atom is -0.484 e. The van der Waals surface area contributed by atoms with E-state index in [2.05, 4.69) is 5.10 Å². The van der Waals surface area contributed by atoms with Crippen molar-refractivity contribution in [3.63, 3.8) is 0 Å². The Balaban J connectivity index is 2.00. The van der Waals surface area contributed by atoms with Gasteiger partial charge < -0.3 is 4.74 Å². The third-order valence-corrected chi connectivity index (χ3v) is 2.63. The number of aryl methyl sites for hydroxylation is 3. The van der Waals surface area contributed by atoms with E-state index in [1.54, 1.807) is 0 Å². The van der Waals surface area contributed by atoms with Gasteiger partial charge in [0.25, 0.3) is 5.91 Å². The van der Waals surface area contributed by atoms with Crippen molar-refractivity contribution < 1.29 is 9.53 Å². The van der Waals surface area contributed by atoms with E-state index in [1.165, 1.54) is 4.68 Å². The summed E-state index contributed by atoms with van der Waals surface area (Å²) in [5.74, 6) is 0.525. The molecule has 4 nitrogen and oxygen atoms in total. The lowest BCUT2D eigenvalue weighted by molar-refractivity contribution is 0.0818. The van der Waals surface area contributed by atoms with Crippen molar-refractivity contribution in [3.05, 3.63) is 47.3 Å². The highest BCUT2D eigenvalue weighted by Crippen LogP contribution is 2.11. The summed E-state index contributed by atoms with van der Waals surface area (Å²) in [6.45, 7) is 5.71. The molecule has 0 N–H and O–H groups in total. The smallest absolute Gasteiger partial charge is 0.284 e. The predicted molar refractivity (Wildman–Crippen MR) is 69.0 cm³/mol. The maximum absolute atomic E-state index is 11.9. The Bertz CT molecular complexity index is 556. The second-order valence-electron chi connectivity index (χ2n) is 4.33. The Morgan fingerprint density at radius 2 is 1.89 bits per heavy atom. The van der Waals surface area contributed by atoms with Gasteiger partial charge in [-0.3, -0.25) is 4.79 Å². The van der Waals surface area contributed by atoms with Crippen LogP contribution >= 0.6 is 0 Å². The van der Waals surface area contributed by atoms with Gasteiger partial charge in [0.15, 0.2) is 6.61 Å². The summed E-state index contributed by atoms with van der Waals surface area (Å²) >= 11 is 0. The molecule has 0 aliphatic heterocycles. The molecule has 2 rings (SSSR count). The SMILES string of the molecule is Cc1ccc(OCC(=O)n2nc(C)cc2C)cc1. The van der Waals surface area contributed by atoms with Crippen LogP contribution in [0.4, 0.5) is 0 Å². The van der Waals surface area contributed by atoms with E-state index >= 15 is 0 Å². The number of ether oxygens (including phenoxy) is 1. The van der Waals surface area contributed by atoms with E-state index in [0.717, 1.165) is 17.0 Å². The van der Waals surface area contributed by atoms with Crippen molar-refractivity contribution in [1.29, 1.82) is 0 Å². The lowest BCUT2D eigenvalue weighted by Crippen LogP contribution is -2.21.